The maximum absolute atomic E-state index is 12.6. The predicted octanol–water partition coefficient (Wildman–Crippen LogP) is 4.07. The Morgan fingerprint density at radius 3 is 2.07 bits per heavy atom. The standard InChI is InChI=1S/C23H17N3O2/c27-22-17-9-3-4-10-18(17)23(28)26(22)14-13-15-7-1-2-8-16(15)21-24-19-11-5-6-12-20(19)25-21/h1-12H,13-14H2,(H,24,25). The monoisotopic (exact) mass is 367 g/mol. The summed E-state index contributed by atoms with van der Waals surface area (Å²) in [7, 11) is 0. The predicted molar refractivity (Wildman–Crippen MR) is 107 cm³/mol. The topological polar surface area (TPSA) is 66.1 Å². The Kier molecular flexibility index (Phi) is 3.79. The van der Waals surface area contributed by atoms with Crippen LogP contribution in [0.2, 0.25) is 0 Å². The molecule has 0 bridgehead atoms. The van der Waals surface area contributed by atoms with Gasteiger partial charge < -0.3 is 4.98 Å². The zero-order valence-corrected chi connectivity index (χ0v) is 15.1. The van der Waals surface area contributed by atoms with Crippen LogP contribution in [0.1, 0.15) is 26.3 Å². The van der Waals surface area contributed by atoms with E-state index in [0.29, 0.717) is 24.1 Å². The largest absolute Gasteiger partial charge is 0.338 e. The van der Waals surface area contributed by atoms with Gasteiger partial charge in [0.1, 0.15) is 5.82 Å². The fourth-order valence-corrected chi connectivity index (χ4v) is 3.72. The van der Waals surface area contributed by atoms with Crippen molar-refractivity contribution in [1.82, 2.24) is 14.9 Å². The number of rotatable bonds is 4. The van der Waals surface area contributed by atoms with Crippen LogP contribution < -0.4 is 0 Å². The molecule has 2 amide bonds. The smallest absolute Gasteiger partial charge is 0.261 e. The van der Waals surface area contributed by atoms with E-state index in [0.717, 1.165) is 28.0 Å². The molecule has 5 heteroatoms. The maximum atomic E-state index is 12.6. The normalized spacial score (nSPS) is 13.4. The number of amides is 2. The molecule has 0 spiro atoms. The molecule has 0 radical (unpaired) electrons. The number of nitrogens with zero attached hydrogens (tertiary/aromatic N) is 2. The fraction of sp³-hybridized carbons (Fsp3) is 0.0870. The molecule has 1 aliphatic heterocycles. The van der Waals surface area contributed by atoms with Gasteiger partial charge in [0, 0.05) is 12.1 Å². The molecule has 3 aromatic carbocycles. The molecule has 5 rings (SSSR count). The van der Waals surface area contributed by atoms with Crippen molar-refractivity contribution in [2.24, 2.45) is 0 Å². The van der Waals surface area contributed by atoms with Crippen LogP contribution in [0.25, 0.3) is 22.4 Å². The highest BCUT2D eigenvalue weighted by Gasteiger charge is 2.34. The van der Waals surface area contributed by atoms with Gasteiger partial charge in [0.2, 0.25) is 0 Å². The Morgan fingerprint density at radius 2 is 1.36 bits per heavy atom. The summed E-state index contributed by atoms with van der Waals surface area (Å²) in [5.41, 5.74) is 4.88. The SMILES string of the molecule is O=C1c2ccccc2C(=O)N1CCc1ccccc1-c1nc2ccccc2[nH]1. The quantitative estimate of drug-likeness (QED) is 0.553. The Labute approximate surface area is 161 Å². The highest BCUT2D eigenvalue weighted by atomic mass is 16.2. The van der Waals surface area contributed by atoms with Crippen molar-refractivity contribution in [1.29, 1.82) is 0 Å². The van der Waals surface area contributed by atoms with Crippen LogP contribution in [0.15, 0.2) is 72.8 Å². The summed E-state index contributed by atoms with van der Waals surface area (Å²) in [6.07, 6.45) is 0.568. The fourth-order valence-electron chi connectivity index (χ4n) is 3.72. The Bertz CT molecular complexity index is 1160. The van der Waals surface area contributed by atoms with Crippen molar-refractivity contribution >= 4 is 22.8 Å². The molecule has 0 atom stereocenters. The summed E-state index contributed by atoms with van der Waals surface area (Å²) in [5.74, 6) is 0.350. The average molecular weight is 367 g/mol. The van der Waals surface area contributed by atoms with E-state index < -0.39 is 0 Å². The van der Waals surface area contributed by atoms with Crippen LogP contribution in [0.5, 0.6) is 0 Å². The van der Waals surface area contributed by atoms with E-state index in [9.17, 15) is 9.59 Å². The minimum Gasteiger partial charge on any atom is -0.338 e. The van der Waals surface area contributed by atoms with Gasteiger partial charge in [-0.25, -0.2) is 4.98 Å². The first-order valence-corrected chi connectivity index (χ1v) is 9.20. The van der Waals surface area contributed by atoms with Gasteiger partial charge in [0.05, 0.1) is 22.2 Å². The van der Waals surface area contributed by atoms with Crippen LogP contribution in [0.4, 0.5) is 0 Å². The number of carbonyl (C=O) groups excluding carboxylic acids is 2. The van der Waals surface area contributed by atoms with Gasteiger partial charge in [-0.05, 0) is 36.2 Å². The number of imidazole rings is 1. The van der Waals surface area contributed by atoms with Crippen LogP contribution in [-0.2, 0) is 6.42 Å². The zero-order chi connectivity index (χ0) is 19.1. The zero-order valence-electron chi connectivity index (χ0n) is 15.1. The minimum absolute atomic E-state index is 0.221. The second kappa shape index (κ2) is 6.46. The van der Waals surface area contributed by atoms with Crippen LogP contribution in [0.3, 0.4) is 0 Å². The summed E-state index contributed by atoms with van der Waals surface area (Å²) in [5, 5.41) is 0. The van der Waals surface area contributed by atoms with E-state index in [1.165, 1.54) is 4.90 Å². The summed E-state index contributed by atoms with van der Waals surface area (Å²) in [6, 6.07) is 22.8. The Morgan fingerprint density at radius 1 is 0.750 bits per heavy atom. The first kappa shape index (κ1) is 16.4. The molecule has 1 aliphatic rings. The second-order valence-corrected chi connectivity index (χ2v) is 6.82. The van der Waals surface area contributed by atoms with E-state index in [1.54, 1.807) is 24.3 Å². The van der Waals surface area contributed by atoms with E-state index in [-0.39, 0.29) is 11.8 Å². The van der Waals surface area contributed by atoms with Crippen molar-refractivity contribution in [3.63, 3.8) is 0 Å². The number of carbonyl (C=O) groups is 2. The molecule has 1 N–H and O–H groups in total. The highest BCUT2D eigenvalue weighted by molar-refractivity contribution is 6.21. The lowest BCUT2D eigenvalue weighted by Crippen LogP contribution is -2.31. The summed E-state index contributed by atoms with van der Waals surface area (Å²) in [6.45, 7) is 0.337. The number of aromatic nitrogens is 2. The molecule has 0 unspecified atom stereocenters. The van der Waals surface area contributed by atoms with Crippen LogP contribution in [0, 0.1) is 0 Å². The number of aromatic amines is 1. The number of hydrogen-bond acceptors (Lipinski definition) is 3. The highest BCUT2D eigenvalue weighted by Crippen LogP contribution is 2.26. The van der Waals surface area contributed by atoms with E-state index >= 15 is 0 Å². The van der Waals surface area contributed by atoms with Crippen LogP contribution in [-0.4, -0.2) is 33.2 Å². The van der Waals surface area contributed by atoms with Gasteiger partial charge in [-0.3, -0.25) is 14.5 Å². The van der Waals surface area contributed by atoms with Crippen molar-refractivity contribution in [2.45, 2.75) is 6.42 Å². The Hall–Kier alpha value is -3.73. The van der Waals surface area contributed by atoms with E-state index in [1.807, 2.05) is 48.5 Å². The van der Waals surface area contributed by atoms with Crippen molar-refractivity contribution < 1.29 is 9.59 Å². The first-order chi connectivity index (χ1) is 13.7. The lowest BCUT2D eigenvalue weighted by atomic mass is 10.0. The van der Waals surface area contributed by atoms with E-state index in [4.69, 9.17) is 0 Å². The number of hydrogen-bond donors (Lipinski definition) is 1. The summed E-state index contributed by atoms with van der Waals surface area (Å²) < 4.78 is 0. The maximum Gasteiger partial charge on any atom is 0.261 e. The first-order valence-electron chi connectivity index (χ1n) is 9.20. The molecule has 0 saturated heterocycles. The molecule has 0 aliphatic carbocycles. The molecule has 4 aromatic rings. The number of nitrogens with one attached hydrogen (secondary N) is 1. The average Bonchev–Trinajstić information content (AvgIpc) is 3.27. The van der Waals surface area contributed by atoms with Gasteiger partial charge >= 0.3 is 0 Å². The van der Waals surface area contributed by atoms with Gasteiger partial charge in [-0.15, -0.1) is 0 Å². The molecule has 2 heterocycles. The van der Waals surface area contributed by atoms with Crippen molar-refractivity contribution in [3.05, 3.63) is 89.5 Å². The second-order valence-electron chi connectivity index (χ2n) is 6.82. The van der Waals surface area contributed by atoms with Gasteiger partial charge in [0.25, 0.3) is 11.8 Å². The Balaban J connectivity index is 1.43. The van der Waals surface area contributed by atoms with Gasteiger partial charge in [0.15, 0.2) is 0 Å². The molecular formula is C23H17N3O2. The number of para-hydroxylation sites is 2. The molecule has 0 fully saturated rings. The van der Waals surface area contributed by atoms with Crippen molar-refractivity contribution in [2.75, 3.05) is 6.54 Å². The van der Waals surface area contributed by atoms with E-state index in [2.05, 4.69) is 9.97 Å². The molecule has 0 saturated carbocycles. The van der Waals surface area contributed by atoms with Gasteiger partial charge in [-0.1, -0.05) is 48.5 Å². The molecule has 136 valence electrons. The number of fused-ring (bicyclic) bond motifs is 2. The van der Waals surface area contributed by atoms with Gasteiger partial charge in [-0.2, -0.15) is 0 Å². The lowest BCUT2D eigenvalue weighted by Gasteiger charge is -2.15. The lowest BCUT2D eigenvalue weighted by molar-refractivity contribution is 0.0656. The number of imide groups is 1. The third-order valence-corrected chi connectivity index (χ3v) is 5.14. The molecule has 1 aromatic heterocycles. The summed E-state index contributed by atoms with van der Waals surface area (Å²) >= 11 is 0. The number of H-pyrrole nitrogens is 1. The molecule has 5 nitrogen and oxygen atoms in total. The molecule has 28 heavy (non-hydrogen) atoms. The molecular weight excluding hydrogens is 350 g/mol. The number of benzene rings is 3. The third kappa shape index (κ3) is 2.60. The summed E-state index contributed by atoms with van der Waals surface area (Å²) in [4.78, 5) is 34.5. The van der Waals surface area contributed by atoms with Crippen molar-refractivity contribution in [3.8, 4) is 11.4 Å². The minimum atomic E-state index is -0.221. The third-order valence-electron chi connectivity index (χ3n) is 5.14. The van der Waals surface area contributed by atoms with Crippen LogP contribution >= 0.6 is 0 Å².